The number of hydrogen-bond donors (Lipinski definition) is 0. The van der Waals surface area contributed by atoms with E-state index in [2.05, 4.69) is 4.98 Å². The topological polar surface area (TPSA) is 42.4 Å². The lowest BCUT2D eigenvalue weighted by Crippen LogP contribution is -2.32. The molecule has 26 heavy (non-hydrogen) atoms. The van der Waals surface area contributed by atoms with Crippen LogP contribution in [0.2, 0.25) is 5.02 Å². The number of carbonyl (C=O) groups is 1. The van der Waals surface area contributed by atoms with Crippen molar-refractivity contribution < 1.29 is 9.53 Å². The van der Waals surface area contributed by atoms with E-state index in [-0.39, 0.29) is 5.91 Å². The van der Waals surface area contributed by atoms with Crippen molar-refractivity contribution >= 4 is 23.2 Å². The lowest BCUT2D eigenvalue weighted by Gasteiger charge is -2.18. The summed E-state index contributed by atoms with van der Waals surface area (Å²) < 4.78 is 5.83. The summed E-state index contributed by atoms with van der Waals surface area (Å²) >= 11 is 5.88. The van der Waals surface area contributed by atoms with Crippen molar-refractivity contribution in [1.29, 1.82) is 0 Å². The number of nitrogens with zero attached hydrogens (tertiary/aromatic N) is 2. The van der Waals surface area contributed by atoms with E-state index in [1.807, 2.05) is 36.4 Å². The zero-order valence-electron chi connectivity index (χ0n) is 14.0. The van der Waals surface area contributed by atoms with Gasteiger partial charge in [0, 0.05) is 36.1 Å². The van der Waals surface area contributed by atoms with Gasteiger partial charge in [-0.1, -0.05) is 23.7 Å². The second-order valence-electron chi connectivity index (χ2n) is 6.12. The smallest absolute Gasteiger partial charge is 0.268 e. The molecular weight excluding hydrogens is 348 g/mol. The minimum atomic E-state index is -0.462. The number of halogens is 1. The Balaban J connectivity index is 1.47. The normalized spacial score (nSPS) is 16.7. The Labute approximate surface area is 157 Å². The van der Waals surface area contributed by atoms with Crippen LogP contribution in [0.5, 0.6) is 5.75 Å². The van der Waals surface area contributed by atoms with Gasteiger partial charge in [0.05, 0.1) is 0 Å². The van der Waals surface area contributed by atoms with Crippen LogP contribution in [0.3, 0.4) is 0 Å². The third-order valence-corrected chi connectivity index (χ3v) is 4.69. The molecular formula is C21H17ClN2O2. The molecule has 1 aliphatic heterocycles. The molecule has 0 radical (unpaired) electrons. The van der Waals surface area contributed by atoms with E-state index >= 15 is 0 Å². The summed E-state index contributed by atoms with van der Waals surface area (Å²) in [5.74, 6) is 0.638. The van der Waals surface area contributed by atoms with Gasteiger partial charge in [-0.3, -0.25) is 9.78 Å². The molecule has 0 spiro atoms. The van der Waals surface area contributed by atoms with Crippen LogP contribution in [-0.2, 0) is 4.79 Å². The van der Waals surface area contributed by atoms with Crippen molar-refractivity contribution in [3.8, 4) is 16.9 Å². The summed E-state index contributed by atoms with van der Waals surface area (Å²) in [4.78, 5) is 18.5. The van der Waals surface area contributed by atoms with Crippen molar-refractivity contribution in [3.05, 3.63) is 78.1 Å². The number of carbonyl (C=O) groups excluding carboxylic acids is 1. The highest BCUT2D eigenvalue weighted by molar-refractivity contribution is 6.30. The third kappa shape index (κ3) is 3.41. The Bertz CT molecular complexity index is 896. The molecule has 1 amide bonds. The first-order chi connectivity index (χ1) is 12.7. The molecule has 0 bridgehead atoms. The van der Waals surface area contributed by atoms with Crippen molar-refractivity contribution in [1.82, 2.24) is 4.98 Å². The molecule has 0 aliphatic carbocycles. The van der Waals surface area contributed by atoms with Gasteiger partial charge in [-0.25, -0.2) is 0 Å². The first-order valence-corrected chi connectivity index (χ1v) is 8.82. The van der Waals surface area contributed by atoms with Crippen molar-refractivity contribution in [2.75, 3.05) is 11.4 Å². The molecule has 0 N–H and O–H groups in total. The zero-order chi connectivity index (χ0) is 17.9. The first-order valence-electron chi connectivity index (χ1n) is 8.45. The summed E-state index contributed by atoms with van der Waals surface area (Å²) in [6.07, 6.45) is 3.74. The number of aromatic nitrogens is 1. The number of benzene rings is 2. The quantitative estimate of drug-likeness (QED) is 0.680. The van der Waals surface area contributed by atoms with Gasteiger partial charge in [-0.2, -0.15) is 0 Å². The summed E-state index contributed by atoms with van der Waals surface area (Å²) in [6.45, 7) is 0.645. The Hall–Kier alpha value is -2.85. The van der Waals surface area contributed by atoms with E-state index in [1.54, 1.807) is 41.6 Å². The average Bonchev–Trinajstić information content (AvgIpc) is 3.05. The molecule has 1 aromatic heterocycles. The third-order valence-electron chi connectivity index (χ3n) is 4.44. The highest BCUT2D eigenvalue weighted by atomic mass is 35.5. The van der Waals surface area contributed by atoms with Crippen LogP contribution in [0.15, 0.2) is 73.1 Å². The van der Waals surface area contributed by atoms with E-state index < -0.39 is 6.10 Å². The fourth-order valence-corrected chi connectivity index (χ4v) is 3.20. The maximum Gasteiger partial charge on any atom is 0.268 e. The van der Waals surface area contributed by atoms with Gasteiger partial charge < -0.3 is 9.64 Å². The molecule has 1 atom stereocenters. The maximum atomic E-state index is 12.7. The molecule has 1 saturated heterocycles. The largest absolute Gasteiger partial charge is 0.481 e. The van der Waals surface area contributed by atoms with E-state index in [1.165, 1.54) is 0 Å². The van der Waals surface area contributed by atoms with Crippen LogP contribution in [0.25, 0.3) is 11.1 Å². The van der Waals surface area contributed by atoms with Gasteiger partial charge in [0.25, 0.3) is 5.91 Å². The summed E-state index contributed by atoms with van der Waals surface area (Å²) in [5.41, 5.74) is 3.08. The molecule has 4 rings (SSSR count). The minimum Gasteiger partial charge on any atom is -0.481 e. The molecule has 2 aromatic carbocycles. The molecule has 3 aromatic rings. The second-order valence-corrected chi connectivity index (χ2v) is 6.56. The monoisotopic (exact) mass is 364 g/mol. The predicted octanol–water partition coefficient (Wildman–Crippen LogP) is 4.59. The van der Waals surface area contributed by atoms with Gasteiger partial charge >= 0.3 is 0 Å². The zero-order valence-corrected chi connectivity index (χ0v) is 14.8. The number of pyridine rings is 1. The Kier molecular flexibility index (Phi) is 4.59. The van der Waals surface area contributed by atoms with Crippen LogP contribution in [0, 0.1) is 0 Å². The van der Waals surface area contributed by atoms with E-state index in [0.29, 0.717) is 23.7 Å². The second kappa shape index (κ2) is 7.18. The van der Waals surface area contributed by atoms with Gasteiger partial charge in [0.15, 0.2) is 6.10 Å². The fraction of sp³-hybridized carbons (Fsp3) is 0.143. The highest BCUT2D eigenvalue weighted by Crippen LogP contribution is 2.28. The summed E-state index contributed by atoms with van der Waals surface area (Å²) in [5, 5.41) is 0.644. The van der Waals surface area contributed by atoms with E-state index in [0.717, 1.165) is 16.8 Å². The number of rotatable bonds is 4. The van der Waals surface area contributed by atoms with Gasteiger partial charge in [0.1, 0.15) is 5.75 Å². The Morgan fingerprint density at radius 1 is 0.923 bits per heavy atom. The molecule has 1 unspecified atom stereocenters. The number of ether oxygens (including phenoxy) is 1. The van der Waals surface area contributed by atoms with E-state index in [9.17, 15) is 4.79 Å². The average molecular weight is 365 g/mol. The fourth-order valence-electron chi connectivity index (χ4n) is 3.08. The number of hydrogen-bond acceptors (Lipinski definition) is 3. The number of amides is 1. The van der Waals surface area contributed by atoms with Crippen LogP contribution < -0.4 is 9.64 Å². The lowest BCUT2D eigenvalue weighted by atomic mass is 10.1. The maximum absolute atomic E-state index is 12.7. The first kappa shape index (κ1) is 16.6. The van der Waals surface area contributed by atoms with Gasteiger partial charge in [0.2, 0.25) is 0 Å². The highest BCUT2D eigenvalue weighted by Gasteiger charge is 2.34. The van der Waals surface area contributed by atoms with Crippen molar-refractivity contribution in [2.24, 2.45) is 0 Å². The van der Waals surface area contributed by atoms with Crippen molar-refractivity contribution in [3.63, 3.8) is 0 Å². The van der Waals surface area contributed by atoms with Crippen molar-refractivity contribution in [2.45, 2.75) is 12.5 Å². The number of anilines is 1. The minimum absolute atomic E-state index is 0.0170. The predicted molar refractivity (Wildman–Crippen MR) is 103 cm³/mol. The molecule has 1 fully saturated rings. The molecule has 4 nitrogen and oxygen atoms in total. The van der Waals surface area contributed by atoms with Crippen LogP contribution in [-0.4, -0.2) is 23.5 Å². The van der Waals surface area contributed by atoms with Gasteiger partial charge in [-0.05, 0) is 59.7 Å². The summed E-state index contributed by atoms with van der Waals surface area (Å²) in [7, 11) is 0. The molecule has 130 valence electrons. The lowest BCUT2D eigenvalue weighted by molar-refractivity contribution is -0.122. The molecule has 1 aliphatic rings. The van der Waals surface area contributed by atoms with Crippen LogP contribution in [0.1, 0.15) is 6.42 Å². The molecule has 5 heteroatoms. The van der Waals surface area contributed by atoms with E-state index in [4.69, 9.17) is 16.3 Å². The van der Waals surface area contributed by atoms with Gasteiger partial charge in [-0.15, -0.1) is 0 Å². The van der Waals surface area contributed by atoms with Crippen LogP contribution >= 0.6 is 11.6 Å². The SMILES string of the molecule is O=C1C(Oc2ccc(Cl)cc2)CCN1c1ccc(-c2ccncc2)cc1. The summed E-state index contributed by atoms with van der Waals surface area (Å²) in [6, 6.07) is 19.0. The standard InChI is InChI=1S/C21H17ClN2O2/c22-17-3-7-19(8-4-17)26-20-11-14-24(21(20)25)18-5-1-15(2-6-18)16-9-12-23-13-10-16/h1-10,12-13,20H,11,14H2. The Morgan fingerprint density at radius 2 is 1.58 bits per heavy atom. The molecule has 0 saturated carbocycles. The van der Waals surface area contributed by atoms with Crippen LogP contribution in [0.4, 0.5) is 5.69 Å². The Morgan fingerprint density at radius 3 is 2.27 bits per heavy atom. The molecule has 2 heterocycles.